The van der Waals surface area contributed by atoms with Gasteiger partial charge in [0.15, 0.2) is 5.82 Å². The van der Waals surface area contributed by atoms with Crippen LogP contribution in [0.15, 0.2) is 46.9 Å². The number of aromatic nitrogens is 2. The van der Waals surface area contributed by atoms with E-state index in [0.717, 1.165) is 21.3 Å². The van der Waals surface area contributed by atoms with E-state index >= 15 is 0 Å². The first-order valence-corrected chi connectivity index (χ1v) is 7.22. The van der Waals surface area contributed by atoms with Gasteiger partial charge in [0.25, 0.3) is 0 Å². The highest BCUT2D eigenvalue weighted by Gasteiger charge is 2.17. The summed E-state index contributed by atoms with van der Waals surface area (Å²) >= 11 is 3.55. The Kier molecular flexibility index (Phi) is 3.51. The Hall–Kier alpha value is -2.14. The van der Waals surface area contributed by atoms with Crippen molar-refractivity contribution in [2.75, 3.05) is 5.73 Å². The number of H-pyrrole nitrogens is 1. The molecule has 1 heterocycles. The van der Waals surface area contributed by atoms with Crippen LogP contribution in [0.5, 0.6) is 0 Å². The molecule has 0 atom stereocenters. The van der Waals surface area contributed by atoms with Crippen molar-refractivity contribution < 1.29 is 4.39 Å². The van der Waals surface area contributed by atoms with Gasteiger partial charge in [-0.3, -0.25) is 5.10 Å². The maximum Gasteiger partial charge on any atom is 0.153 e. The molecule has 0 amide bonds. The minimum absolute atomic E-state index is 0.304. The van der Waals surface area contributed by atoms with E-state index in [-0.39, 0.29) is 5.82 Å². The van der Waals surface area contributed by atoms with Crippen molar-refractivity contribution in [3.05, 3.63) is 58.3 Å². The number of benzene rings is 2. The molecule has 21 heavy (non-hydrogen) atoms. The third-order valence-corrected chi connectivity index (χ3v) is 3.96. The number of nitrogens with one attached hydrogen (secondary N) is 1. The second-order valence-electron chi connectivity index (χ2n) is 4.85. The second-order valence-corrected chi connectivity index (χ2v) is 5.71. The Bertz CT molecular complexity index is 811. The van der Waals surface area contributed by atoms with Crippen molar-refractivity contribution in [1.29, 1.82) is 0 Å². The zero-order chi connectivity index (χ0) is 15.0. The van der Waals surface area contributed by atoms with E-state index in [4.69, 9.17) is 5.73 Å². The van der Waals surface area contributed by atoms with Crippen molar-refractivity contribution in [2.45, 2.75) is 6.92 Å². The van der Waals surface area contributed by atoms with Gasteiger partial charge in [-0.25, -0.2) is 4.39 Å². The minimum Gasteiger partial charge on any atom is -0.382 e. The molecule has 0 radical (unpaired) electrons. The van der Waals surface area contributed by atoms with Gasteiger partial charge in [0, 0.05) is 10.0 Å². The maximum absolute atomic E-state index is 13.5. The molecule has 0 spiro atoms. The third kappa shape index (κ3) is 2.56. The van der Waals surface area contributed by atoms with E-state index in [0.29, 0.717) is 16.9 Å². The molecule has 0 unspecified atom stereocenters. The quantitative estimate of drug-likeness (QED) is 0.716. The molecule has 5 heteroatoms. The molecule has 0 saturated heterocycles. The fourth-order valence-electron chi connectivity index (χ4n) is 2.31. The Morgan fingerprint density at radius 2 is 2.00 bits per heavy atom. The van der Waals surface area contributed by atoms with Gasteiger partial charge in [-0.05, 0) is 36.2 Å². The standard InChI is InChI=1S/C16H13BrFN3/c1-9-5-6-12(13(17)7-9)15-14(16(19)21-20-15)10-3-2-4-11(18)8-10/h2-8H,1H3,(H3,19,20,21). The fourth-order valence-corrected chi connectivity index (χ4v) is 3.00. The van der Waals surface area contributed by atoms with Gasteiger partial charge in [0.2, 0.25) is 0 Å². The van der Waals surface area contributed by atoms with Crippen LogP contribution in [-0.2, 0) is 0 Å². The first-order chi connectivity index (χ1) is 10.1. The topological polar surface area (TPSA) is 54.7 Å². The lowest BCUT2D eigenvalue weighted by atomic mass is 10.00. The number of nitrogens with two attached hydrogens (primary N) is 1. The van der Waals surface area contributed by atoms with Crippen molar-refractivity contribution in [3.63, 3.8) is 0 Å². The van der Waals surface area contributed by atoms with Gasteiger partial charge >= 0.3 is 0 Å². The van der Waals surface area contributed by atoms with Gasteiger partial charge in [0.1, 0.15) is 5.82 Å². The van der Waals surface area contributed by atoms with Gasteiger partial charge in [-0.2, -0.15) is 5.10 Å². The summed E-state index contributed by atoms with van der Waals surface area (Å²) in [7, 11) is 0. The maximum atomic E-state index is 13.5. The molecule has 3 nitrogen and oxygen atoms in total. The van der Waals surface area contributed by atoms with Crippen molar-refractivity contribution in [1.82, 2.24) is 10.2 Å². The van der Waals surface area contributed by atoms with E-state index < -0.39 is 0 Å². The minimum atomic E-state index is -0.304. The highest BCUT2D eigenvalue weighted by atomic mass is 79.9. The Morgan fingerprint density at radius 1 is 1.19 bits per heavy atom. The van der Waals surface area contributed by atoms with E-state index in [1.165, 1.54) is 12.1 Å². The second kappa shape index (κ2) is 5.33. The van der Waals surface area contributed by atoms with E-state index in [9.17, 15) is 4.39 Å². The molecule has 1 aromatic heterocycles. The smallest absolute Gasteiger partial charge is 0.153 e. The van der Waals surface area contributed by atoms with Crippen LogP contribution in [0.3, 0.4) is 0 Å². The van der Waals surface area contributed by atoms with Gasteiger partial charge in [-0.1, -0.05) is 40.2 Å². The summed E-state index contributed by atoms with van der Waals surface area (Å²) < 4.78 is 14.4. The molecular weight excluding hydrogens is 333 g/mol. The lowest BCUT2D eigenvalue weighted by molar-refractivity contribution is 0.628. The van der Waals surface area contributed by atoms with Crippen LogP contribution in [0.4, 0.5) is 10.2 Å². The molecule has 3 aromatic rings. The number of aryl methyl sites for hydroxylation is 1. The first-order valence-electron chi connectivity index (χ1n) is 6.42. The molecule has 0 saturated carbocycles. The van der Waals surface area contributed by atoms with Crippen LogP contribution >= 0.6 is 15.9 Å². The number of hydrogen-bond acceptors (Lipinski definition) is 2. The summed E-state index contributed by atoms with van der Waals surface area (Å²) in [5.41, 5.74) is 10.2. The molecule has 0 aliphatic heterocycles. The summed E-state index contributed by atoms with van der Waals surface area (Å²) in [5.74, 6) is 0.0464. The molecule has 3 rings (SSSR count). The predicted octanol–water partition coefficient (Wildman–Crippen LogP) is 4.54. The fraction of sp³-hybridized carbons (Fsp3) is 0.0625. The molecule has 3 N–H and O–H groups in total. The average Bonchev–Trinajstić information content (AvgIpc) is 2.80. The van der Waals surface area contributed by atoms with Crippen LogP contribution in [-0.4, -0.2) is 10.2 Å². The number of nitrogens with zero attached hydrogens (tertiary/aromatic N) is 1. The van der Waals surface area contributed by atoms with Crippen molar-refractivity contribution in [2.24, 2.45) is 0 Å². The lowest BCUT2D eigenvalue weighted by Gasteiger charge is -2.08. The molecule has 2 aromatic carbocycles. The number of hydrogen-bond donors (Lipinski definition) is 2. The van der Waals surface area contributed by atoms with Crippen LogP contribution in [0, 0.1) is 12.7 Å². The third-order valence-electron chi connectivity index (χ3n) is 3.30. The monoisotopic (exact) mass is 345 g/mol. The number of nitrogen functional groups attached to an aromatic ring is 1. The number of halogens is 2. The molecule has 106 valence electrons. The van der Waals surface area contributed by atoms with E-state index in [2.05, 4.69) is 26.1 Å². The number of anilines is 1. The molecule has 0 aliphatic carbocycles. The zero-order valence-corrected chi connectivity index (χ0v) is 12.9. The zero-order valence-electron chi connectivity index (χ0n) is 11.3. The SMILES string of the molecule is Cc1ccc(-c2[nH]nc(N)c2-c2cccc(F)c2)c(Br)c1. The summed E-state index contributed by atoms with van der Waals surface area (Å²) in [6, 6.07) is 12.3. The molecular formula is C16H13BrFN3. The highest BCUT2D eigenvalue weighted by molar-refractivity contribution is 9.10. The van der Waals surface area contributed by atoms with Crippen LogP contribution in [0.2, 0.25) is 0 Å². The van der Waals surface area contributed by atoms with E-state index in [1.807, 2.05) is 31.2 Å². The molecule has 0 bridgehead atoms. The van der Waals surface area contributed by atoms with Crippen LogP contribution in [0.1, 0.15) is 5.56 Å². The Labute approximate surface area is 130 Å². The summed E-state index contributed by atoms with van der Waals surface area (Å²) in [6.07, 6.45) is 0. The van der Waals surface area contributed by atoms with Crippen molar-refractivity contribution in [3.8, 4) is 22.4 Å². The van der Waals surface area contributed by atoms with Gasteiger partial charge < -0.3 is 5.73 Å². The highest BCUT2D eigenvalue weighted by Crippen LogP contribution is 2.38. The normalized spacial score (nSPS) is 10.8. The summed E-state index contributed by atoms with van der Waals surface area (Å²) in [4.78, 5) is 0. The Balaban J connectivity index is 2.22. The summed E-state index contributed by atoms with van der Waals surface area (Å²) in [5, 5.41) is 7.01. The average molecular weight is 346 g/mol. The van der Waals surface area contributed by atoms with Crippen LogP contribution in [0.25, 0.3) is 22.4 Å². The summed E-state index contributed by atoms with van der Waals surface area (Å²) in [6.45, 7) is 2.02. The molecule has 0 aliphatic rings. The molecule has 0 fully saturated rings. The van der Waals surface area contributed by atoms with E-state index in [1.54, 1.807) is 6.07 Å². The van der Waals surface area contributed by atoms with Crippen LogP contribution < -0.4 is 5.73 Å². The largest absolute Gasteiger partial charge is 0.382 e. The lowest BCUT2D eigenvalue weighted by Crippen LogP contribution is -1.90. The number of aromatic amines is 1. The van der Waals surface area contributed by atoms with Crippen molar-refractivity contribution >= 4 is 21.7 Å². The van der Waals surface area contributed by atoms with Gasteiger partial charge in [-0.15, -0.1) is 0 Å². The number of rotatable bonds is 2. The van der Waals surface area contributed by atoms with Gasteiger partial charge in [0.05, 0.1) is 11.3 Å². The first kappa shape index (κ1) is 13.8. The predicted molar refractivity (Wildman–Crippen MR) is 86.3 cm³/mol. The Morgan fingerprint density at radius 3 is 2.71 bits per heavy atom.